The maximum absolute atomic E-state index is 13.3. The van der Waals surface area contributed by atoms with Crippen LogP contribution < -0.4 is 0 Å². The highest BCUT2D eigenvalue weighted by molar-refractivity contribution is 5.97. The van der Waals surface area contributed by atoms with Crippen LogP contribution in [0.2, 0.25) is 0 Å². The standard InChI is InChI=1S/C26H23NO5/c1-31-25(29)22-9-7-18(8-10-22)17-23(24(28)27-15-16-32-26(27)30)21-13-11-20(12-14-21)19-5-3-2-4-6-19/h2-14,23H,15-17H2,1H3. The average molecular weight is 429 g/mol. The third-order valence-electron chi connectivity index (χ3n) is 5.56. The van der Waals surface area contributed by atoms with Crippen molar-refractivity contribution in [2.24, 2.45) is 0 Å². The van der Waals surface area contributed by atoms with Gasteiger partial charge in [0.15, 0.2) is 0 Å². The van der Waals surface area contributed by atoms with Gasteiger partial charge < -0.3 is 9.47 Å². The highest BCUT2D eigenvalue weighted by Gasteiger charge is 2.34. The molecule has 3 aromatic rings. The predicted octanol–water partition coefficient (Wildman–Crippen LogP) is 4.45. The number of methoxy groups -OCH3 is 1. The molecule has 1 saturated heterocycles. The van der Waals surface area contributed by atoms with Gasteiger partial charge in [0.1, 0.15) is 6.61 Å². The van der Waals surface area contributed by atoms with Crippen LogP contribution in [0.3, 0.4) is 0 Å². The summed E-state index contributed by atoms with van der Waals surface area (Å²) in [5.41, 5.74) is 4.25. The number of hydrogen-bond acceptors (Lipinski definition) is 5. The van der Waals surface area contributed by atoms with Crippen LogP contribution in [0.15, 0.2) is 78.9 Å². The largest absolute Gasteiger partial charge is 0.465 e. The van der Waals surface area contributed by atoms with Crippen molar-refractivity contribution in [2.75, 3.05) is 20.3 Å². The molecule has 0 saturated carbocycles. The molecule has 0 N–H and O–H groups in total. The van der Waals surface area contributed by atoms with E-state index in [2.05, 4.69) is 0 Å². The Labute approximate surface area is 186 Å². The second kappa shape index (κ2) is 9.47. The molecule has 1 unspecified atom stereocenters. The normalized spacial score (nSPS) is 14.0. The van der Waals surface area contributed by atoms with Crippen LogP contribution in [-0.4, -0.2) is 43.1 Å². The molecule has 0 spiro atoms. The first-order valence-corrected chi connectivity index (χ1v) is 10.4. The third kappa shape index (κ3) is 4.54. The van der Waals surface area contributed by atoms with Gasteiger partial charge in [0.25, 0.3) is 0 Å². The number of carbonyl (C=O) groups excluding carboxylic acids is 3. The lowest BCUT2D eigenvalue weighted by Crippen LogP contribution is -2.36. The second-order valence-electron chi connectivity index (χ2n) is 7.54. The molecule has 0 aliphatic carbocycles. The second-order valence-corrected chi connectivity index (χ2v) is 7.54. The summed E-state index contributed by atoms with van der Waals surface area (Å²) in [5, 5.41) is 0. The summed E-state index contributed by atoms with van der Waals surface area (Å²) in [6.45, 7) is 0.454. The van der Waals surface area contributed by atoms with Crippen molar-refractivity contribution in [2.45, 2.75) is 12.3 Å². The smallest absolute Gasteiger partial charge is 0.416 e. The molecule has 1 atom stereocenters. The Balaban J connectivity index is 1.62. The number of rotatable bonds is 6. The third-order valence-corrected chi connectivity index (χ3v) is 5.56. The number of ether oxygens (including phenoxy) is 2. The zero-order valence-corrected chi connectivity index (χ0v) is 17.7. The Hall–Kier alpha value is -3.93. The highest BCUT2D eigenvalue weighted by Crippen LogP contribution is 2.28. The number of nitrogens with zero attached hydrogens (tertiary/aromatic N) is 1. The number of carbonyl (C=O) groups is 3. The topological polar surface area (TPSA) is 72.9 Å². The van der Waals surface area contributed by atoms with Crippen molar-refractivity contribution in [1.29, 1.82) is 0 Å². The maximum atomic E-state index is 13.3. The van der Waals surface area contributed by atoms with Crippen molar-refractivity contribution in [3.05, 3.63) is 95.6 Å². The Morgan fingerprint density at radius 1 is 0.938 bits per heavy atom. The molecule has 1 aliphatic heterocycles. The van der Waals surface area contributed by atoms with Crippen molar-refractivity contribution in [3.63, 3.8) is 0 Å². The summed E-state index contributed by atoms with van der Waals surface area (Å²) in [5.74, 6) is -1.27. The van der Waals surface area contributed by atoms with Gasteiger partial charge in [-0.2, -0.15) is 0 Å². The van der Waals surface area contributed by atoms with E-state index in [9.17, 15) is 14.4 Å². The van der Waals surface area contributed by atoms with E-state index in [-0.39, 0.29) is 19.1 Å². The first-order valence-electron chi connectivity index (χ1n) is 10.4. The summed E-state index contributed by atoms with van der Waals surface area (Å²) in [6, 6.07) is 24.7. The first-order chi connectivity index (χ1) is 15.6. The molecule has 1 aliphatic rings. The Kier molecular flexibility index (Phi) is 6.31. The van der Waals surface area contributed by atoms with Gasteiger partial charge >= 0.3 is 12.1 Å². The number of cyclic esters (lactones) is 1. The molecule has 1 heterocycles. The van der Waals surface area contributed by atoms with E-state index in [1.165, 1.54) is 12.0 Å². The van der Waals surface area contributed by atoms with E-state index in [1.807, 2.05) is 54.6 Å². The van der Waals surface area contributed by atoms with Crippen LogP contribution in [0.4, 0.5) is 4.79 Å². The lowest BCUT2D eigenvalue weighted by molar-refractivity contribution is -0.129. The van der Waals surface area contributed by atoms with Crippen LogP contribution >= 0.6 is 0 Å². The van der Waals surface area contributed by atoms with Crippen molar-refractivity contribution >= 4 is 18.0 Å². The molecule has 4 rings (SSSR count). The molecular weight excluding hydrogens is 406 g/mol. The van der Waals surface area contributed by atoms with E-state index >= 15 is 0 Å². The van der Waals surface area contributed by atoms with E-state index in [0.717, 1.165) is 22.3 Å². The molecule has 2 amide bonds. The van der Waals surface area contributed by atoms with E-state index in [0.29, 0.717) is 12.0 Å². The van der Waals surface area contributed by atoms with Gasteiger partial charge in [-0.3, -0.25) is 4.79 Å². The summed E-state index contributed by atoms with van der Waals surface area (Å²) in [7, 11) is 1.33. The molecule has 1 fully saturated rings. The number of imide groups is 1. The van der Waals surface area contributed by atoms with Gasteiger partial charge in [0.05, 0.1) is 25.1 Å². The molecule has 0 aromatic heterocycles. The van der Waals surface area contributed by atoms with Crippen LogP contribution in [0.5, 0.6) is 0 Å². The quantitative estimate of drug-likeness (QED) is 0.542. The molecule has 6 nitrogen and oxygen atoms in total. The fourth-order valence-electron chi connectivity index (χ4n) is 3.80. The minimum Gasteiger partial charge on any atom is -0.465 e. The summed E-state index contributed by atoms with van der Waals surface area (Å²) >= 11 is 0. The maximum Gasteiger partial charge on any atom is 0.416 e. The molecule has 6 heteroatoms. The number of esters is 1. The Morgan fingerprint density at radius 2 is 1.59 bits per heavy atom. The zero-order chi connectivity index (χ0) is 22.5. The Morgan fingerprint density at radius 3 is 2.19 bits per heavy atom. The molecule has 32 heavy (non-hydrogen) atoms. The highest BCUT2D eigenvalue weighted by atomic mass is 16.6. The van der Waals surface area contributed by atoms with Gasteiger partial charge in [-0.1, -0.05) is 66.7 Å². The number of hydrogen-bond donors (Lipinski definition) is 0. The average Bonchev–Trinajstić information content (AvgIpc) is 3.28. The van der Waals surface area contributed by atoms with Gasteiger partial charge in [-0.25, -0.2) is 14.5 Å². The molecule has 3 aromatic carbocycles. The Bertz CT molecular complexity index is 1110. The van der Waals surface area contributed by atoms with E-state index < -0.39 is 18.0 Å². The monoisotopic (exact) mass is 429 g/mol. The molecule has 0 radical (unpaired) electrons. The van der Waals surface area contributed by atoms with E-state index in [4.69, 9.17) is 9.47 Å². The molecule has 162 valence electrons. The predicted molar refractivity (Wildman–Crippen MR) is 119 cm³/mol. The van der Waals surface area contributed by atoms with Gasteiger partial charge in [0, 0.05) is 0 Å². The number of amides is 2. The minimum absolute atomic E-state index is 0.206. The summed E-state index contributed by atoms with van der Waals surface area (Å²) in [4.78, 5) is 38.2. The lowest BCUT2D eigenvalue weighted by Gasteiger charge is -2.21. The van der Waals surface area contributed by atoms with Crippen molar-refractivity contribution < 1.29 is 23.9 Å². The van der Waals surface area contributed by atoms with Gasteiger partial charge in [-0.05, 0) is 40.8 Å². The van der Waals surface area contributed by atoms with Crippen molar-refractivity contribution in [1.82, 2.24) is 4.90 Å². The molecular formula is C26H23NO5. The van der Waals surface area contributed by atoms with Crippen LogP contribution in [0.1, 0.15) is 27.4 Å². The van der Waals surface area contributed by atoms with Crippen LogP contribution in [0.25, 0.3) is 11.1 Å². The van der Waals surface area contributed by atoms with Crippen molar-refractivity contribution in [3.8, 4) is 11.1 Å². The summed E-state index contributed by atoms with van der Waals surface area (Å²) < 4.78 is 9.71. The fourth-order valence-corrected chi connectivity index (χ4v) is 3.80. The zero-order valence-electron chi connectivity index (χ0n) is 17.7. The van der Waals surface area contributed by atoms with Crippen LogP contribution in [0, 0.1) is 0 Å². The van der Waals surface area contributed by atoms with E-state index in [1.54, 1.807) is 24.3 Å². The first kappa shape index (κ1) is 21.3. The fraction of sp³-hybridized carbons (Fsp3) is 0.192. The lowest BCUT2D eigenvalue weighted by atomic mass is 9.89. The van der Waals surface area contributed by atoms with Gasteiger partial charge in [-0.15, -0.1) is 0 Å². The minimum atomic E-state index is -0.609. The SMILES string of the molecule is COC(=O)c1ccc(CC(C(=O)N2CCOC2=O)c2ccc(-c3ccccc3)cc2)cc1. The number of benzene rings is 3. The van der Waals surface area contributed by atoms with Gasteiger partial charge in [0.2, 0.25) is 5.91 Å². The summed E-state index contributed by atoms with van der Waals surface area (Å²) in [6.07, 6.45) is -0.226. The van der Waals surface area contributed by atoms with Crippen LogP contribution in [-0.2, 0) is 20.7 Å². The molecule has 0 bridgehead atoms.